The lowest BCUT2D eigenvalue weighted by molar-refractivity contribution is 0.536. The summed E-state index contributed by atoms with van der Waals surface area (Å²) in [6.45, 7) is -0.0242. The van der Waals surface area contributed by atoms with Crippen LogP contribution in [0.4, 0.5) is 4.39 Å². The molecule has 3 aromatic rings. The maximum absolute atomic E-state index is 12.7. The van der Waals surface area contributed by atoms with E-state index in [4.69, 9.17) is 5.73 Å². The maximum Gasteiger partial charge on any atom is 0.350 e. The van der Waals surface area contributed by atoms with E-state index < -0.39 is 16.8 Å². The van der Waals surface area contributed by atoms with E-state index in [2.05, 4.69) is 5.10 Å². The Kier molecular flexibility index (Phi) is 7.03. The van der Waals surface area contributed by atoms with Crippen LogP contribution in [0.5, 0.6) is 0 Å². The van der Waals surface area contributed by atoms with Gasteiger partial charge in [-0.05, 0) is 34.4 Å². The van der Waals surface area contributed by atoms with Gasteiger partial charge in [-0.1, -0.05) is 35.3 Å². The largest absolute Gasteiger partial charge is 0.772 e. The number of hydrogen-bond acceptors (Lipinski definition) is 5. The Morgan fingerprint density at radius 1 is 1.30 bits per heavy atom. The molecule has 2 heterocycles. The van der Waals surface area contributed by atoms with Gasteiger partial charge in [-0.15, -0.1) is 17.5 Å². The minimum atomic E-state index is -2.17. The first-order chi connectivity index (χ1) is 12.5. The maximum atomic E-state index is 12.7. The molecule has 0 saturated carbocycles. The average Bonchev–Trinajstić information content (AvgIpc) is 2.94. The van der Waals surface area contributed by atoms with E-state index in [-0.39, 0.29) is 36.8 Å². The number of aromatic nitrogens is 3. The molecule has 3 rings (SSSR count). The Labute approximate surface area is 163 Å². The van der Waals surface area contributed by atoms with Crippen molar-refractivity contribution in [2.75, 3.05) is 6.54 Å². The van der Waals surface area contributed by atoms with Crippen LogP contribution in [0, 0.1) is 0 Å². The van der Waals surface area contributed by atoms with Crippen molar-refractivity contribution in [2.45, 2.75) is 12.3 Å². The predicted molar refractivity (Wildman–Crippen MR) is 103 cm³/mol. The first-order valence-electron chi connectivity index (χ1n) is 7.74. The molecule has 1 aromatic carbocycles. The van der Waals surface area contributed by atoms with Crippen LogP contribution in [0.15, 0.2) is 59.3 Å². The number of rotatable bonds is 6. The van der Waals surface area contributed by atoms with Crippen LogP contribution in [0.3, 0.4) is 0 Å². The lowest BCUT2D eigenvalue weighted by atomic mass is 10.0. The summed E-state index contributed by atoms with van der Waals surface area (Å²) in [6.07, 6.45) is 1.96. The third kappa shape index (κ3) is 4.69. The molecular formula is C17H17ClFN4O3S-. The standard InChI is InChI=1S/C17H17FN4O3S.ClH/c18-8-13(9-19)10-22-17(23)21-5-4-15(7-16(21)20-22)14-3-1-2-12(6-14)11-26(24)25;/h1-8H,9-11,19H2,(H,24,25);1H/p-1/b13-8+;. The van der Waals surface area contributed by atoms with Gasteiger partial charge in [0.05, 0.1) is 12.9 Å². The van der Waals surface area contributed by atoms with Crippen LogP contribution < -0.4 is 11.4 Å². The van der Waals surface area contributed by atoms with E-state index in [1.54, 1.807) is 36.5 Å². The van der Waals surface area contributed by atoms with E-state index in [1.165, 1.54) is 4.40 Å². The van der Waals surface area contributed by atoms with Gasteiger partial charge < -0.3 is 10.3 Å². The lowest BCUT2D eigenvalue weighted by Crippen LogP contribution is -2.23. The van der Waals surface area contributed by atoms with Gasteiger partial charge >= 0.3 is 5.69 Å². The highest BCUT2D eigenvalue weighted by molar-refractivity contribution is 7.78. The molecule has 7 nitrogen and oxygen atoms in total. The zero-order chi connectivity index (χ0) is 18.7. The number of hydrogen-bond donors (Lipinski definition) is 1. The topological polar surface area (TPSA) is 105 Å². The second-order valence-electron chi connectivity index (χ2n) is 5.70. The average molecular weight is 412 g/mol. The molecule has 2 N–H and O–H groups in total. The number of nitrogens with two attached hydrogens (primary N) is 1. The van der Waals surface area contributed by atoms with Crippen molar-refractivity contribution in [2.24, 2.45) is 5.73 Å². The number of pyridine rings is 1. The van der Waals surface area contributed by atoms with E-state index in [0.717, 1.165) is 15.8 Å². The summed E-state index contributed by atoms with van der Waals surface area (Å²) in [5, 5.41) is 4.21. The molecule has 144 valence electrons. The van der Waals surface area contributed by atoms with Crippen molar-refractivity contribution in [3.63, 3.8) is 0 Å². The zero-order valence-corrected chi connectivity index (χ0v) is 15.7. The third-order valence-electron chi connectivity index (χ3n) is 3.90. The minimum absolute atomic E-state index is 0. The van der Waals surface area contributed by atoms with Gasteiger partial charge in [-0.25, -0.2) is 13.9 Å². The number of nitrogens with zero attached hydrogens (tertiary/aromatic N) is 3. The van der Waals surface area contributed by atoms with Crippen molar-refractivity contribution < 1.29 is 13.2 Å². The fraction of sp³-hybridized carbons (Fsp3) is 0.176. The molecule has 1 unspecified atom stereocenters. The van der Waals surface area contributed by atoms with Gasteiger partial charge in [0.15, 0.2) is 5.65 Å². The lowest BCUT2D eigenvalue weighted by Gasteiger charge is -2.07. The molecule has 0 amide bonds. The summed E-state index contributed by atoms with van der Waals surface area (Å²) in [5.41, 5.74) is 7.95. The first-order valence-corrected chi connectivity index (χ1v) is 8.99. The molecule has 0 aliphatic rings. The van der Waals surface area contributed by atoms with E-state index in [1.807, 2.05) is 6.07 Å². The molecule has 0 aliphatic carbocycles. The van der Waals surface area contributed by atoms with Gasteiger partial charge in [-0.2, -0.15) is 0 Å². The van der Waals surface area contributed by atoms with E-state index >= 15 is 0 Å². The molecule has 0 bridgehead atoms. The molecular weight excluding hydrogens is 395 g/mol. The van der Waals surface area contributed by atoms with Gasteiger partial charge in [-0.3, -0.25) is 8.61 Å². The van der Waals surface area contributed by atoms with Crippen molar-refractivity contribution in [1.29, 1.82) is 0 Å². The molecule has 0 aliphatic heterocycles. The molecule has 0 spiro atoms. The van der Waals surface area contributed by atoms with Crippen molar-refractivity contribution in [3.8, 4) is 11.1 Å². The van der Waals surface area contributed by atoms with Crippen LogP contribution in [-0.2, 0) is 23.4 Å². The van der Waals surface area contributed by atoms with Gasteiger partial charge in [0.1, 0.15) is 0 Å². The van der Waals surface area contributed by atoms with Gasteiger partial charge in [0.2, 0.25) is 0 Å². The molecule has 0 saturated heterocycles. The smallest absolute Gasteiger partial charge is 0.350 e. The zero-order valence-electron chi connectivity index (χ0n) is 14.1. The van der Waals surface area contributed by atoms with Crippen LogP contribution in [0.25, 0.3) is 16.8 Å². The van der Waals surface area contributed by atoms with Crippen molar-refractivity contribution >= 4 is 29.1 Å². The molecule has 10 heteroatoms. The molecule has 0 fully saturated rings. The second-order valence-corrected chi connectivity index (χ2v) is 6.60. The predicted octanol–water partition coefficient (Wildman–Crippen LogP) is 1.78. The van der Waals surface area contributed by atoms with E-state index in [9.17, 15) is 17.9 Å². The highest BCUT2D eigenvalue weighted by Gasteiger charge is 2.10. The third-order valence-corrected chi connectivity index (χ3v) is 4.47. The number of benzene rings is 1. The second kappa shape index (κ2) is 9.05. The van der Waals surface area contributed by atoms with E-state index in [0.29, 0.717) is 17.5 Å². The number of halogens is 2. The molecule has 0 radical (unpaired) electrons. The Hall–Kier alpha value is -2.33. The van der Waals surface area contributed by atoms with Crippen molar-refractivity contribution in [3.05, 3.63) is 70.5 Å². The van der Waals surface area contributed by atoms with Crippen LogP contribution >= 0.6 is 12.4 Å². The highest BCUT2D eigenvalue weighted by Crippen LogP contribution is 2.21. The summed E-state index contributed by atoms with van der Waals surface area (Å²) in [7, 11) is 0. The molecule has 2 aromatic heterocycles. The Morgan fingerprint density at radius 2 is 2.04 bits per heavy atom. The van der Waals surface area contributed by atoms with Crippen LogP contribution in [-0.4, -0.2) is 29.5 Å². The summed E-state index contributed by atoms with van der Waals surface area (Å²) in [5.74, 6) is -0.0679. The Bertz CT molecular complexity index is 1060. The fourth-order valence-corrected chi connectivity index (χ4v) is 3.06. The Balaban J connectivity index is 0.00000261. The summed E-state index contributed by atoms with van der Waals surface area (Å²) in [4.78, 5) is 12.3. The summed E-state index contributed by atoms with van der Waals surface area (Å²) >= 11 is -2.17. The molecule has 27 heavy (non-hydrogen) atoms. The summed E-state index contributed by atoms with van der Waals surface area (Å²) < 4.78 is 37.0. The van der Waals surface area contributed by atoms with Gasteiger partial charge in [0.25, 0.3) is 0 Å². The quantitative estimate of drug-likeness (QED) is 0.622. The van der Waals surface area contributed by atoms with Crippen molar-refractivity contribution in [1.82, 2.24) is 14.2 Å². The van der Waals surface area contributed by atoms with Crippen LogP contribution in [0.1, 0.15) is 5.56 Å². The minimum Gasteiger partial charge on any atom is -0.772 e. The fourth-order valence-electron chi connectivity index (χ4n) is 2.61. The van der Waals surface area contributed by atoms with Gasteiger partial charge in [0, 0.05) is 18.5 Å². The van der Waals surface area contributed by atoms with Crippen LogP contribution in [0.2, 0.25) is 0 Å². The normalized spacial score (nSPS) is 12.8. The Morgan fingerprint density at radius 3 is 2.70 bits per heavy atom. The summed E-state index contributed by atoms with van der Waals surface area (Å²) in [6, 6.07) is 10.6. The highest BCUT2D eigenvalue weighted by atomic mass is 35.5. The first kappa shape index (κ1) is 21.0. The molecule has 1 atom stereocenters. The SMILES string of the molecule is Cl.NC/C(=C\F)Cn1nc2cc(-c3cccc(CS(=O)[O-])c3)ccn2c1=O. The monoisotopic (exact) mass is 411 g/mol. The number of fused-ring (bicyclic) bond motifs is 1.